The molecule has 0 bridgehead atoms. The van der Waals surface area contributed by atoms with E-state index in [2.05, 4.69) is 53.0 Å². The van der Waals surface area contributed by atoms with E-state index in [-0.39, 0.29) is 19.4 Å². The van der Waals surface area contributed by atoms with Crippen molar-refractivity contribution in [2.24, 2.45) is 0 Å². The molecule has 0 unspecified atom stereocenters. The average molecular weight is 447 g/mol. The molecule has 31 heavy (non-hydrogen) atoms. The second-order valence-electron chi connectivity index (χ2n) is 8.69. The summed E-state index contributed by atoms with van der Waals surface area (Å²) in [6, 6.07) is 6.74. The average Bonchev–Trinajstić information content (AvgIpc) is 2.71. The van der Waals surface area contributed by atoms with Crippen LogP contribution in [-0.4, -0.2) is 35.9 Å². The molecule has 4 nitrogen and oxygen atoms in total. The minimum absolute atomic E-state index is 0.0366. The van der Waals surface area contributed by atoms with Crippen molar-refractivity contribution in [2.75, 3.05) is 27.8 Å². The highest BCUT2D eigenvalue weighted by atomic mass is 28.3. The number of methoxy groups -OCH3 is 2. The van der Waals surface area contributed by atoms with E-state index < -0.39 is 8.07 Å². The molecular formula is C25H35FO4Si. The van der Waals surface area contributed by atoms with Crippen LogP contribution < -0.4 is 9.47 Å². The van der Waals surface area contributed by atoms with Gasteiger partial charge in [0.25, 0.3) is 0 Å². The van der Waals surface area contributed by atoms with Crippen LogP contribution in [-0.2, 0) is 9.47 Å². The maximum absolute atomic E-state index is 15.1. The van der Waals surface area contributed by atoms with E-state index in [1.807, 2.05) is 6.07 Å². The van der Waals surface area contributed by atoms with Gasteiger partial charge >= 0.3 is 0 Å². The molecule has 0 aliphatic rings. The van der Waals surface area contributed by atoms with Crippen LogP contribution in [0.3, 0.4) is 0 Å². The van der Waals surface area contributed by atoms with Crippen molar-refractivity contribution in [1.29, 1.82) is 0 Å². The molecule has 2 aromatic rings. The summed E-state index contributed by atoms with van der Waals surface area (Å²) in [4.78, 5) is 0. The molecule has 0 fully saturated rings. The number of rotatable bonds is 9. The molecule has 0 saturated heterocycles. The Kier molecular flexibility index (Phi) is 8.93. The predicted molar refractivity (Wildman–Crippen MR) is 127 cm³/mol. The summed E-state index contributed by atoms with van der Waals surface area (Å²) in [7, 11) is 1.07. The molecule has 0 aromatic heterocycles. The smallest absolute Gasteiger partial charge is 0.188 e. The van der Waals surface area contributed by atoms with Crippen molar-refractivity contribution in [1.82, 2.24) is 0 Å². The van der Waals surface area contributed by atoms with Crippen molar-refractivity contribution in [3.05, 3.63) is 35.6 Å². The number of hydrogen-bond donors (Lipinski definition) is 0. The van der Waals surface area contributed by atoms with E-state index in [0.29, 0.717) is 39.1 Å². The van der Waals surface area contributed by atoms with Gasteiger partial charge in [-0.15, -0.1) is 5.54 Å². The van der Waals surface area contributed by atoms with Gasteiger partial charge in [-0.2, -0.15) is 0 Å². The third kappa shape index (κ3) is 5.41. The minimum atomic E-state index is -2.03. The molecule has 0 aliphatic carbocycles. The molecule has 0 radical (unpaired) electrons. The second-order valence-corrected chi connectivity index (χ2v) is 14.3. The fourth-order valence-corrected chi connectivity index (χ4v) is 9.76. The molecule has 2 aromatic carbocycles. The van der Waals surface area contributed by atoms with Gasteiger partial charge < -0.3 is 18.9 Å². The van der Waals surface area contributed by atoms with E-state index in [9.17, 15) is 0 Å². The normalized spacial score (nSPS) is 11.9. The fourth-order valence-electron chi connectivity index (χ4n) is 4.55. The van der Waals surface area contributed by atoms with Crippen LogP contribution in [0.4, 0.5) is 4.39 Å². The molecule has 6 heteroatoms. The molecule has 0 aliphatic heterocycles. The summed E-state index contributed by atoms with van der Waals surface area (Å²) >= 11 is 0. The molecule has 0 saturated carbocycles. The largest absolute Gasteiger partial charge is 0.467 e. The Morgan fingerprint density at radius 2 is 1.45 bits per heavy atom. The lowest BCUT2D eigenvalue weighted by molar-refractivity contribution is 0.0468. The third-order valence-corrected chi connectivity index (χ3v) is 12.2. The summed E-state index contributed by atoms with van der Waals surface area (Å²) < 4.78 is 36.6. The van der Waals surface area contributed by atoms with Gasteiger partial charge in [-0.25, -0.2) is 4.39 Å². The SMILES string of the molecule is COCOc1cc(OCOC)c2c(C#C[Si](C(C)C)(C(C)C)C(C)C)c(F)ccc2c1. The highest BCUT2D eigenvalue weighted by Crippen LogP contribution is 2.41. The zero-order valence-corrected chi connectivity index (χ0v) is 21.0. The Bertz CT molecular complexity index is 922. The monoisotopic (exact) mass is 446 g/mol. The first-order valence-corrected chi connectivity index (χ1v) is 12.9. The van der Waals surface area contributed by atoms with Crippen molar-refractivity contribution in [2.45, 2.75) is 58.2 Å². The van der Waals surface area contributed by atoms with E-state index in [1.54, 1.807) is 26.4 Å². The summed E-state index contributed by atoms with van der Waals surface area (Å²) in [6.45, 7) is 13.6. The number of hydrogen-bond acceptors (Lipinski definition) is 4. The van der Waals surface area contributed by atoms with Crippen molar-refractivity contribution < 1.29 is 23.3 Å². The number of ether oxygens (including phenoxy) is 4. The zero-order chi connectivity index (χ0) is 23.2. The predicted octanol–water partition coefficient (Wildman–Crippen LogP) is 6.51. The Labute approximate surface area is 187 Å². The van der Waals surface area contributed by atoms with Crippen LogP contribution in [0.2, 0.25) is 16.6 Å². The topological polar surface area (TPSA) is 36.9 Å². The Morgan fingerprint density at radius 1 is 0.871 bits per heavy atom. The standard InChI is InChI=1S/C25H35FO4Si/c1-17(2)31(18(3)4,19(5)6)12-11-22-23(26)10-9-20-13-21(29-15-27-7)14-24(25(20)22)30-16-28-8/h9-10,13-14,17-19H,15-16H2,1-8H3. The summed E-state index contributed by atoms with van der Waals surface area (Å²) in [6.07, 6.45) is 0. The number of fused-ring (bicyclic) bond motifs is 1. The molecule has 170 valence electrons. The van der Waals surface area contributed by atoms with Gasteiger partial charge in [0.2, 0.25) is 0 Å². The van der Waals surface area contributed by atoms with E-state index in [0.717, 1.165) is 5.39 Å². The Morgan fingerprint density at radius 3 is 2.00 bits per heavy atom. The van der Waals surface area contributed by atoms with Crippen LogP contribution in [0.25, 0.3) is 10.8 Å². The van der Waals surface area contributed by atoms with Gasteiger partial charge in [0.15, 0.2) is 13.6 Å². The van der Waals surface area contributed by atoms with Crippen LogP contribution in [0, 0.1) is 17.3 Å². The molecule has 0 atom stereocenters. The maximum Gasteiger partial charge on any atom is 0.188 e. The quantitative estimate of drug-likeness (QED) is 0.250. The van der Waals surface area contributed by atoms with Gasteiger partial charge in [-0.3, -0.25) is 0 Å². The van der Waals surface area contributed by atoms with Crippen molar-refractivity contribution in [3.8, 4) is 23.0 Å². The lowest BCUT2D eigenvalue weighted by Crippen LogP contribution is -2.43. The number of halogens is 1. The molecule has 0 heterocycles. The molecular weight excluding hydrogens is 411 g/mol. The van der Waals surface area contributed by atoms with Crippen molar-refractivity contribution >= 4 is 18.8 Å². The fraction of sp³-hybridized carbons (Fsp3) is 0.520. The molecule has 2 rings (SSSR count). The van der Waals surface area contributed by atoms with Crippen LogP contribution in [0.1, 0.15) is 47.1 Å². The third-order valence-electron chi connectivity index (χ3n) is 5.95. The van der Waals surface area contributed by atoms with Gasteiger partial charge in [-0.05, 0) is 34.1 Å². The van der Waals surface area contributed by atoms with Gasteiger partial charge in [0.1, 0.15) is 25.4 Å². The van der Waals surface area contributed by atoms with Gasteiger partial charge in [0, 0.05) is 25.7 Å². The first kappa shape index (κ1) is 25.2. The highest BCUT2D eigenvalue weighted by molar-refractivity contribution is 6.90. The van der Waals surface area contributed by atoms with Gasteiger partial charge in [-0.1, -0.05) is 53.5 Å². The molecule has 0 spiro atoms. The van der Waals surface area contributed by atoms with Crippen molar-refractivity contribution in [3.63, 3.8) is 0 Å². The molecule has 0 amide bonds. The lowest BCUT2D eigenvalue weighted by atomic mass is 10.0. The first-order chi connectivity index (χ1) is 14.7. The van der Waals surface area contributed by atoms with E-state index in [4.69, 9.17) is 18.9 Å². The maximum atomic E-state index is 15.1. The highest BCUT2D eigenvalue weighted by Gasteiger charge is 2.41. The van der Waals surface area contributed by atoms with E-state index in [1.165, 1.54) is 6.07 Å². The summed E-state index contributed by atoms with van der Waals surface area (Å²) in [5, 5.41) is 1.42. The van der Waals surface area contributed by atoms with Crippen LogP contribution in [0.15, 0.2) is 24.3 Å². The van der Waals surface area contributed by atoms with Crippen LogP contribution >= 0.6 is 0 Å². The zero-order valence-electron chi connectivity index (χ0n) is 20.0. The summed E-state index contributed by atoms with van der Waals surface area (Å²) in [5.74, 6) is 3.96. The van der Waals surface area contributed by atoms with E-state index >= 15 is 4.39 Å². The van der Waals surface area contributed by atoms with Gasteiger partial charge in [0.05, 0.1) is 5.56 Å². The molecule has 0 N–H and O–H groups in total. The minimum Gasteiger partial charge on any atom is -0.467 e. The summed E-state index contributed by atoms with van der Waals surface area (Å²) in [5.41, 5.74) is 5.35. The Balaban J connectivity index is 2.76. The second kappa shape index (κ2) is 11.0. The lowest BCUT2D eigenvalue weighted by Gasteiger charge is -2.38. The Hall–Kier alpha value is -2.07. The first-order valence-electron chi connectivity index (χ1n) is 10.7. The number of benzene rings is 2. The van der Waals surface area contributed by atoms with Crippen LogP contribution in [0.5, 0.6) is 11.5 Å².